The lowest BCUT2D eigenvalue weighted by Crippen LogP contribution is -2.27. The van der Waals surface area contributed by atoms with Crippen LogP contribution in [-0.4, -0.2) is 51.2 Å². The number of hydrogen-bond acceptors (Lipinski definition) is 6. The van der Waals surface area contributed by atoms with Gasteiger partial charge < -0.3 is 14.2 Å². The predicted octanol–water partition coefficient (Wildman–Crippen LogP) is 0.910. The molecule has 1 aromatic rings. The molecule has 1 unspecified atom stereocenters. The zero-order chi connectivity index (χ0) is 14.6. The van der Waals surface area contributed by atoms with Crippen LogP contribution in [-0.2, 0) is 32.2 Å². The van der Waals surface area contributed by atoms with Crippen LogP contribution >= 0.6 is 15.9 Å². The minimum absolute atomic E-state index is 0.247. The van der Waals surface area contributed by atoms with Crippen LogP contribution in [0.25, 0.3) is 0 Å². The molecule has 0 N–H and O–H groups in total. The van der Waals surface area contributed by atoms with Gasteiger partial charge in [-0.15, -0.1) is 5.10 Å². The number of epoxide rings is 1. The van der Waals surface area contributed by atoms with E-state index in [4.69, 9.17) is 14.2 Å². The zero-order valence-electron chi connectivity index (χ0n) is 11.5. The van der Waals surface area contributed by atoms with Crippen molar-refractivity contribution < 1.29 is 19.0 Å². The number of halogens is 1. The number of aromatic nitrogens is 3. The van der Waals surface area contributed by atoms with Gasteiger partial charge in [-0.05, 0) is 13.8 Å². The Kier molecular flexibility index (Phi) is 5.11. The van der Waals surface area contributed by atoms with Crippen molar-refractivity contribution in [2.75, 3.05) is 19.8 Å². The number of hydrogen-bond donors (Lipinski definition) is 0. The Balaban J connectivity index is 1.65. The van der Waals surface area contributed by atoms with Gasteiger partial charge in [0.25, 0.3) is 0 Å². The van der Waals surface area contributed by atoms with Gasteiger partial charge >= 0.3 is 5.97 Å². The van der Waals surface area contributed by atoms with E-state index in [1.165, 1.54) is 0 Å². The van der Waals surface area contributed by atoms with E-state index in [0.717, 1.165) is 12.3 Å². The van der Waals surface area contributed by atoms with Crippen LogP contribution in [0.1, 0.15) is 19.5 Å². The third kappa shape index (κ3) is 5.18. The van der Waals surface area contributed by atoms with Crippen LogP contribution in [0.15, 0.2) is 6.20 Å². The van der Waals surface area contributed by atoms with Crippen LogP contribution in [0, 0.1) is 0 Å². The molecule has 8 heteroatoms. The highest BCUT2D eigenvalue weighted by molar-refractivity contribution is 9.10. The zero-order valence-corrected chi connectivity index (χ0v) is 13.1. The summed E-state index contributed by atoms with van der Waals surface area (Å²) in [6.45, 7) is 5.98. The Morgan fingerprint density at radius 3 is 3.05 bits per heavy atom. The second-order valence-electron chi connectivity index (χ2n) is 5.05. The summed E-state index contributed by atoms with van der Waals surface area (Å²) in [5.74, 6) is -0.300. The molecule has 0 aromatic carbocycles. The number of ether oxygens (including phenoxy) is 3. The normalized spacial score (nSPS) is 18.1. The molecule has 0 radical (unpaired) electrons. The molecule has 2 heterocycles. The number of nitrogens with zero attached hydrogens (tertiary/aromatic N) is 3. The second-order valence-corrected chi connectivity index (χ2v) is 7.03. The molecule has 0 saturated carbocycles. The summed E-state index contributed by atoms with van der Waals surface area (Å²) >= 11 is 3.24. The molecule has 1 aliphatic heterocycles. The Labute approximate surface area is 125 Å². The summed E-state index contributed by atoms with van der Waals surface area (Å²) < 4.78 is 16.5. The largest absolute Gasteiger partial charge is 0.463 e. The van der Waals surface area contributed by atoms with Crippen LogP contribution in [0.2, 0.25) is 0 Å². The quantitative estimate of drug-likeness (QED) is 0.395. The maximum atomic E-state index is 11.5. The average molecular weight is 348 g/mol. The van der Waals surface area contributed by atoms with Gasteiger partial charge in [0.2, 0.25) is 0 Å². The van der Waals surface area contributed by atoms with Crippen molar-refractivity contribution in [2.24, 2.45) is 0 Å². The van der Waals surface area contributed by atoms with E-state index >= 15 is 0 Å². The first kappa shape index (κ1) is 15.4. The van der Waals surface area contributed by atoms with E-state index < -0.39 is 4.32 Å². The van der Waals surface area contributed by atoms with Crippen molar-refractivity contribution in [1.82, 2.24) is 15.0 Å². The fraction of sp³-hybridized carbons (Fsp3) is 0.750. The summed E-state index contributed by atoms with van der Waals surface area (Å²) in [7, 11) is 0. The minimum atomic E-state index is -0.667. The maximum Gasteiger partial charge on any atom is 0.322 e. The molecule has 1 aliphatic rings. The Morgan fingerprint density at radius 1 is 1.65 bits per heavy atom. The first-order valence-corrected chi connectivity index (χ1v) is 7.19. The number of carbonyl (C=O) groups excluding carboxylic acids is 1. The topological polar surface area (TPSA) is 78.8 Å². The maximum absolute atomic E-state index is 11.5. The van der Waals surface area contributed by atoms with Crippen LogP contribution in [0.4, 0.5) is 0 Å². The monoisotopic (exact) mass is 347 g/mol. The first-order chi connectivity index (χ1) is 9.45. The molecular weight excluding hydrogens is 330 g/mol. The molecule has 0 aliphatic carbocycles. The number of alkyl halides is 1. The van der Waals surface area contributed by atoms with E-state index in [0.29, 0.717) is 19.8 Å². The molecule has 0 bridgehead atoms. The van der Waals surface area contributed by atoms with Gasteiger partial charge in [0.05, 0.1) is 32.6 Å². The number of carbonyl (C=O) groups is 1. The minimum Gasteiger partial charge on any atom is -0.463 e. The smallest absolute Gasteiger partial charge is 0.322 e. The lowest BCUT2D eigenvalue weighted by atomic mass is 10.2. The SMILES string of the molecule is CC(C)(Br)C(=O)OCCn1cc(COCC2CO2)nn1. The average Bonchev–Trinajstić information content (AvgIpc) is 3.07. The summed E-state index contributed by atoms with van der Waals surface area (Å²) in [5, 5.41) is 7.92. The van der Waals surface area contributed by atoms with Gasteiger partial charge in [0, 0.05) is 0 Å². The molecule has 1 fully saturated rings. The summed E-state index contributed by atoms with van der Waals surface area (Å²) in [6, 6.07) is 0. The highest BCUT2D eigenvalue weighted by atomic mass is 79.9. The molecule has 112 valence electrons. The molecular formula is C12H18BrN3O4. The molecule has 0 amide bonds. The summed E-state index contributed by atoms with van der Waals surface area (Å²) in [4.78, 5) is 11.5. The Hall–Kier alpha value is -0.990. The fourth-order valence-corrected chi connectivity index (χ4v) is 1.49. The molecule has 0 spiro atoms. The number of esters is 1. The first-order valence-electron chi connectivity index (χ1n) is 6.39. The standard InChI is InChI=1S/C12H18BrN3O4/c1-12(2,13)11(17)19-4-3-16-5-9(14-15-16)6-18-7-10-8-20-10/h5,10H,3-4,6-8H2,1-2H3. The molecule has 20 heavy (non-hydrogen) atoms. The molecule has 2 rings (SSSR count). The van der Waals surface area contributed by atoms with Crippen molar-refractivity contribution in [3.05, 3.63) is 11.9 Å². The summed E-state index contributed by atoms with van der Waals surface area (Å²) in [5.41, 5.74) is 0.748. The lowest BCUT2D eigenvalue weighted by molar-refractivity contribution is -0.145. The van der Waals surface area contributed by atoms with Gasteiger partial charge in [0.15, 0.2) is 0 Å². The highest BCUT2D eigenvalue weighted by Gasteiger charge is 2.25. The van der Waals surface area contributed by atoms with Gasteiger partial charge in [-0.25, -0.2) is 4.68 Å². The van der Waals surface area contributed by atoms with Crippen LogP contribution in [0.5, 0.6) is 0 Å². The Bertz CT molecular complexity index is 454. The molecule has 1 atom stereocenters. The van der Waals surface area contributed by atoms with Crippen LogP contribution < -0.4 is 0 Å². The van der Waals surface area contributed by atoms with Crippen molar-refractivity contribution in [3.63, 3.8) is 0 Å². The van der Waals surface area contributed by atoms with E-state index in [9.17, 15) is 4.79 Å². The van der Waals surface area contributed by atoms with Gasteiger partial charge in [-0.1, -0.05) is 21.1 Å². The van der Waals surface area contributed by atoms with Gasteiger partial charge in [-0.3, -0.25) is 4.79 Å². The fourth-order valence-electron chi connectivity index (χ4n) is 1.38. The van der Waals surface area contributed by atoms with Crippen molar-refractivity contribution in [2.45, 2.75) is 37.4 Å². The van der Waals surface area contributed by atoms with E-state index in [2.05, 4.69) is 26.2 Å². The van der Waals surface area contributed by atoms with E-state index in [-0.39, 0.29) is 18.7 Å². The second kappa shape index (κ2) is 6.64. The Morgan fingerprint density at radius 2 is 2.40 bits per heavy atom. The van der Waals surface area contributed by atoms with Crippen LogP contribution in [0.3, 0.4) is 0 Å². The molecule has 1 saturated heterocycles. The highest BCUT2D eigenvalue weighted by Crippen LogP contribution is 2.17. The molecule has 7 nitrogen and oxygen atoms in total. The summed E-state index contributed by atoms with van der Waals surface area (Å²) in [6.07, 6.45) is 2.03. The van der Waals surface area contributed by atoms with E-state index in [1.54, 1.807) is 24.7 Å². The van der Waals surface area contributed by atoms with E-state index in [1.807, 2.05) is 0 Å². The number of rotatable bonds is 8. The van der Waals surface area contributed by atoms with Crippen molar-refractivity contribution in [3.8, 4) is 0 Å². The lowest BCUT2D eigenvalue weighted by Gasteiger charge is -2.14. The van der Waals surface area contributed by atoms with Crippen molar-refractivity contribution >= 4 is 21.9 Å². The van der Waals surface area contributed by atoms with Gasteiger partial charge in [-0.2, -0.15) is 0 Å². The molecule has 1 aromatic heterocycles. The van der Waals surface area contributed by atoms with Crippen molar-refractivity contribution in [1.29, 1.82) is 0 Å². The third-order valence-electron chi connectivity index (χ3n) is 2.58. The van der Waals surface area contributed by atoms with Gasteiger partial charge in [0.1, 0.15) is 22.7 Å². The predicted molar refractivity (Wildman–Crippen MR) is 73.4 cm³/mol. The third-order valence-corrected chi connectivity index (χ3v) is 2.90.